The lowest BCUT2D eigenvalue weighted by molar-refractivity contribution is -0.123. The fourth-order valence-corrected chi connectivity index (χ4v) is 5.36. The quantitative estimate of drug-likeness (QED) is 0.589. The van der Waals surface area contributed by atoms with E-state index in [4.69, 9.17) is 9.47 Å². The largest absolute Gasteiger partial charge is 0.454 e. The molecule has 5 nitrogen and oxygen atoms in total. The fourth-order valence-electron chi connectivity index (χ4n) is 5.36. The van der Waals surface area contributed by atoms with Crippen molar-refractivity contribution in [1.82, 2.24) is 0 Å². The summed E-state index contributed by atoms with van der Waals surface area (Å²) in [4.78, 5) is 27.4. The van der Waals surface area contributed by atoms with Gasteiger partial charge in [0.2, 0.25) is 18.6 Å². The van der Waals surface area contributed by atoms with E-state index in [2.05, 4.69) is 12.2 Å². The molecule has 2 saturated carbocycles. The van der Waals surface area contributed by atoms with Crippen molar-refractivity contribution in [2.75, 3.05) is 11.7 Å². The minimum atomic E-state index is -0.162. The number of carbonyl (C=O) groups is 2. The van der Waals surface area contributed by atoms with E-state index in [-0.39, 0.29) is 47.7 Å². The third-order valence-electron chi connectivity index (χ3n) is 6.47. The number of allylic oxidation sites excluding steroid dienone is 2. The van der Waals surface area contributed by atoms with Crippen molar-refractivity contribution in [3.63, 3.8) is 0 Å². The van der Waals surface area contributed by atoms with Crippen LogP contribution in [0.3, 0.4) is 0 Å². The van der Waals surface area contributed by atoms with Crippen LogP contribution in [0.25, 0.3) is 0 Å². The SMILES string of the molecule is O=C1[C@@H]2[C@H](C(=O)N1c1ccc3c(c1)OCO3)[C@@H]1C=C[C@H]2C12CC2. The summed E-state index contributed by atoms with van der Waals surface area (Å²) in [6.45, 7) is 0.183. The summed E-state index contributed by atoms with van der Waals surface area (Å²) in [7, 11) is 0. The molecule has 0 aromatic heterocycles. The molecule has 1 aromatic carbocycles. The van der Waals surface area contributed by atoms with Crippen molar-refractivity contribution in [1.29, 1.82) is 0 Å². The van der Waals surface area contributed by atoms with E-state index in [0.717, 1.165) is 12.8 Å². The third kappa shape index (κ3) is 1.23. The first kappa shape index (κ1) is 12.2. The molecule has 0 N–H and O–H groups in total. The lowest BCUT2D eigenvalue weighted by Crippen LogP contribution is -2.34. The zero-order valence-corrected chi connectivity index (χ0v) is 12.4. The van der Waals surface area contributed by atoms with Crippen molar-refractivity contribution < 1.29 is 19.1 Å². The predicted molar refractivity (Wildman–Crippen MR) is 79.8 cm³/mol. The molecule has 1 spiro atoms. The summed E-state index contributed by atoms with van der Waals surface area (Å²) in [5.41, 5.74) is 0.838. The molecule has 3 aliphatic carbocycles. The number of rotatable bonds is 1. The molecule has 2 aliphatic heterocycles. The van der Waals surface area contributed by atoms with E-state index in [1.54, 1.807) is 18.2 Å². The molecule has 2 amide bonds. The highest BCUT2D eigenvalue weighted by molar-refractivity contribution is 6.23. The normalized spacial score (nSPS) is 37.1. The Hall–Kier alpha value is -2.30. The lowest BCUT2D eigenvalue weighted by atomic mass is 9.85. The summed E-state index contributed by atoms with van der Waals surface area (Å²) >= 11 is 0. The molecule has 2 heterocycles. The van der Waals surface area contributed by atoms with E-state index >= 15 is 0 Å². The first-order valence-corrected chi connectivity index (χ1v) is 8.16. The number of amides is 2. The zero-order chi connectivity index (χ0) is 15.3. The van der Waals surface area contributed by atoms with Gasteiger partial charge >= 0.3 is 0 Å². The fraction of sp³-hybridized carbons (Fsp3) is 0.444. The summed E-state index contributed by atoms with van der Waals surface area (Å²) < 4.78 is 10.7. The van der Waals surface area contributed by atoms with Crippen LogP contribution >= 0.6 is 0 Å². The number of fused-ring (bicyclic) bond motifs is 4. The lowest BCUT2D eigenvalue weighted by Gasteiger charge is -2.21. The molecule has 4 atom stereocenters. The maximum atomic E-state index is 13.0. The van der Waals surface area contributed by atoms with Crippen LogP contribution in [0, 0.1) is 29.1 Å². The number of hydrogen-bond donors (Lipinski definition) is 0. The van der Waals surface area contributed by atoms with Gasteiger partial charge in [-0.1, -0.05) is 12.2 Å². The predicted octanol–water partition coefficient (Wildman–Crippen LogP) is 2.12. The van der Waals surface area contributed by atoms with Gasteiger partial charge < -0.3 is 9.47 Å². The summed E-state index contributed by atoms with van der Waals surface area (Å²) in [5, 5.41) is 0. The Labute approximate surface area is 132 Å². The van der Waals surface area contributed by atoms with Crippen LogP contribution in [0.5, 0.6) is 11.5 Å². The topological polar surface area (TPSA) is 55.8 Å². The van der Waals surface area contributed by atoms with Crippen molar-refractivity contribution in [2.45, 2.75) is 12.8 Å². The van der Waals surface area contributed by atoms with Crippen LogP contribution < -0.4 is 14.4 Å². The zero-order valence-electron chi connectivity index (χ0n) is 12.4. The first-order chi connectivity index (χ1) is 11.2. The maximum absolute atomic E-state index is 13.0. The Bertz CT molecular complexity index is 775. The molecule has 1 aromatic rings. The van der Waals surface area contributed by atoms with E-state index in [1.165, 1.54) is 4.90 Å². The van der Waals surface area contributed by atoms with E-state index in [9.17, 15) is 9.59 Å². The Morgan fingerprint density at radius 3 is 2.26 bits per heavy atom. The van der Waals surface area contributed by atoms with Gasteiger partial charge in [0, 0.05) is 6.07 Å². The molecule has 1 saturated heterocycles. The highest BCUT2D eigenvalue weighted by atomic mass is 16.7. The average Bonchev–Trinajstić information content (AvgIpc) is 2.83. The second-order valence-electron chi connectivity index (χ2n) is 7.27. The Morgan fingerprint density at radius 1 is 0.957 bits per heavy atom. The molecule has 5 heteroatoms. The maximum Gasteiger partial charge on any atom is 0.238 e. The monoisotopic (exact) mass is 309 g/mol. The number of carbonyl (C=O) groups excluding carboxylic acids is 2. The Kier molecular flexibility index (Phi) is 1.91. The number of ether oxygens (including phenoxy) is 2. The van der Waals surface area contributed by atoms with E-state index < -0.39 is 0 Å². The van der Waals surface area contributed by atoms with Crippen LogP contribution in [0.4, 0.5) is 5.69 Å². The first-order valence-electron chi connectivity index (χ1n) is 8.16. The smallest absolute Gasteiger partial charge is 0.238 e. The van der Waals surface area contributed by atoms with Gasteiger partial charge in [-0.05, 0) is 42.2 Å². The number of benzene rings is 1. The van der Waals surface area contributed by atoms with Crippen LogP contribution in [-0.4, -0.2) is 18.6 Å². The van der Waals surface area contributed by atoms with Crippen LogP contribution in [0.1, 0.15) is 12.8 Å². The Balaban J connectivity index is 1.42. The van der Waals surface area contributed by atoms with Gasteiger partial charge in [-0.25, -0.2) is 4.90 Å². The second-order valence-corrected chi connectivity index (χ2v) is 7.27. The minimum absolute atomic E-state index is 0.0398. The molecule has 23 heavy (non-hydrogen) atoms. The molecule has 116 valence electrons. The average molecular weight is 309 g/mol. The van der Waals surface area contributed by atoms with Crippen LogP contribution in [-0.2, 0) is 9.59 Å². The Morgan fingerprint density at radius 2 is 1.61 bits per heavy atom. The molecule has 2 bridgehead atoms. The molecular weight excluding hydrogens is 294 g/mol. The van der Waals surface area contributed by atoms with E-state index in [0.29, 0.717) is 17.2 Å². The van der Waals surface area contributed by atoms with Crippen LogP contribution in [0.15, 0.2) is 30.4 Å². The number of hydrogen-bond acceptors (Lipinski definition) is 4. The van der Waals surface area contributed by atoms with Crippen molar-refractivity contribution in [3.8, 4) is 11.5 Å². The van der Waals surface area contributed by atoms with Gasteiger partial charge in [-0.3, -0.25) is 9.59 Å². The van der Waals surface area contributed by atoms with Crippen molar-refractivity contribution in [3.05, 3.63) is 30.4 Å². The summed E-state index contributed by atoms with van der Waals surface area (Å²) in [5.74, 6) is 1.37. The number of imide groups is 1. The van der Waals surface area contributed by atoms with Crippen LogP contribution in [0.2, 0.25) is 0 Å². The highest BCUT2D eigenvalue weighted by Gasteiger charge is 2.73. The summed E-state index contributed by atoms with van der Waals surface area (Å²) in [6, 6.07) is 5.27. The molecule has 5 aliphatic rings. The van der Waals surface area contributed by atoms with Crippen molar-refractivity contribution in [2.24, 2.45) is 29.1 Å². The van der Waals surface area contributed by atoms with Gasteiger partial charge in [-0.15, -0.1) is 0 Å². The molecular formula is C18H15NO4. The molecule has 0 radical (unpaired) electrons. The molecule has 6 rings (SSSR count). The number of nitrogens with zero attached hydrogens (tertiary/aromatic N) is 1. The number of anilines is 1. The van der Waals surface area contributed by atoms with Gasteiger partial charge in [0.1, 0.15) is 0 Å². The van der Waals surface area contributed by atoms with Gasteiger partial charge in [0.15, 0.2) is 11.5 Å². The second kappa shape index (κ2) is 3.61. The van der Waals surface area contributed by atoms with E-state index in [1.807, 2.05) is 0 Å². The van der Waals surface area contributed by atoms with Gasteiger partial charge in [0.05, 0.1) is 17.5 Å². The van der Waals surface area contributed by atoms with Gasteiger partial charge in [0.25, 0.3) is 0 Å². The highest BCUT2D eigenvalue weighted by Crippen LogP contribution is 2.73. The van der Waals surface area contributed by atoms with Crippen molar-refractivity contribution >= 4 is 17.5 Å². The molecule has 3 fully saturated rings. The summed E-state index contributed by atoms with van der Waals surface area (Å²) in [6.07, 6.45) is 6.69. The minimum Gasteiger partial charge on any atom is -0.454 e. The van der Waals surface area contributed by atoms with Gasteiger partial charge in [-0.2, -0.15) is 0 Å². The standard InChI is InChI=1S/C18H15NO4/c20-16-14-10-2-3-11(18(10)5-6-18)15(14)17(21)19(16)9-1-4-12-13(7-9)23-8-22-12/h1-4,7,10-11,14-15H,5-6,8H2/t10-,11+,14+,15-. The third-order valence-corrected chi connectivity index (χ3v) is 6.47. The molecule has 0 unspecified atom stereocenters.